The monoisotopic (exact) mass is 327 g/mol. The molecule has 126 valence electrons. The molecule has 1 amide bonds. The molecule has 0 bridgehead atoms. The van der Waals surface area contributed by atoms with Gasteiger partial charge in [-0.2, -0.15) is 0 Å². The molecule has 0 aliphatic carbocycles. The van der Waals surface area contributed by atoms with Crippen LogP contribution in [0.25, 0.3) is 0 Å². The minimum absolute atomic E-state index is 0.245. The van der Waals surface area contributed by atoms with Crippen LogP contribution in [0.4, 0.5) is 5.69 Å². The van der Waals surface area contributed by atoms with Crippen LogP contribution in [0.3, 0.4) is 0 Å². The van der Waals surface area contributed by atoms with Crippen molar-refractivity contribution < 1.29 is 19.1 Å². The molecule has 0 radical (unpaired) electrons. The van der Waals surface area contributed by atoms with Gasteiger partial charge in [-0.15, -0.1) is 0 Å². The summed E-state index contributed by atoms with van der Waals surface area (Å²) in [5.74, 6) is 0.0843. The Hall–Kier alpha value is -2.82. The van der Waals surface area contributed by atoms with Crippen molar-refractivity contribution in [2.24, 2.45) is 0 Å². The first kappa shape index (κ1) is 17.5. The molecule has 5 heteroatoms. The molecule has 0 atom stereocenters. The Morgan fingerprint density at radius 1 is 1.00 bits per heavy atom. The average Bonchev–Trinajstić information content (AvgIpc) is 2.61. The number of carbonyl (C=O) groups is 2. The highest BCUT2D eigenvalue weighted by atomic mass is 16.5. The summed E-state index contributed by atoms with van der Waals surface area (Å²) >= 11 is 0. The Kier molecular flexibility index (Phi) is 6.37. The molecule has 0 N–H and O–H groups in total. The fourth-order valence-corrected chi connectivity index (χ4v) is 2.28. The Balaban J connectivity index is 2.07. The van der Waals surface area contributed by atoms with Gasteiger partial charge in [-0.1, -0.05) is 30.3 Å². The third-order valence-electron chi connectivity index (χ3n) is 3.55. The maximum atomic E-state index is 12.4. The molecular weight excluding hydrogens is 306 g/mol. The second-order valence-electron chi connectivity index (χ2n) is 5.26. The van der Waals surface area contributed by atoms with Crippen molar-refractivity contribution in [3.63, 3.8) is 0 Å². The quantitative estimate of drug-likeness (QED) is 0.734. The van der Waals surface area contributed by atoms with Crippen LogP contribution in [0.5, 0.6) is 5.75 Å². The molecule has 2 aromatic rings. The number of anilines is 1. The van der Waals surface area contributed by atoms with E-state index in [9.17, 15) is 9.59 Å². The highest BCUT2D eigenvalue weighted by molar-refractivity contribution is 5.95. The second-order valence-corrected chi connectivity index (χ2v) is 5.26. The molecule has 0 fully saturated rings. The third-order valence-corrected chi connectivity index (χ3v) is 3.55. The summed E-state index contributed by atoms with van der Waals surface area (Å²) in [6, 6.07) is 17.1. The predicted octanol–water partition coefficient (Wildman–Crippen LogP) is 2.83. The topological polar surface area (TPSA) is 55.8 Å². The van der Waals surface area contributed by atoms with Crippen LogP contribution in [0.2, 0.25) is 0 Å². The van der Waals surface area contributed by atoms with Crippen LogP contribution < -0.4 is 9.64 Å². The summed E-state index contributed by atoms with van der Waals surface area (Å²) < 4.78 is 9.99. The van der Waals surface area contributed by atoms with E-state index in [2.05, 4.69) is 0 Å². The van der Waals surface area contributed by atoms with Crippen molar-refractivity contribution in [2.75, 3.05) is 25.2 Å². The van der Waals surface area contributed by atoms with Gasteiger partial charge in [0.05, 0.1) is 7.11 Å². The van der Waals surface area contributed by atoms with Gasteiger partial charge in [0.25, 0.3) is 5.91 Å². The van der Waals surface area contributed by atoms with E-state index in [0.717, 1.165) is 17.0 Å². The number of carbonyl (C=O) groups excluding carboxylic acids is 2. The van der Waals surface area contributed by atoms with Crippen LogP contribution in [-0.2, 0) is 20.7 Å². The van der Waals surface area contributed by atoms with Crippen LogP contribution >= 0.6 is 0 Å². The van der Waals surface area contributed by atoms with Gasteiger partial charge in [-0.05, 0) is 36.2 Å². The van der Waals surface area contributed by atoms with Crippen molar-refractivity contribution in [3.05, 3.63) is 60.2 Å². The molecular formula is C19H21NO4. The lowest BCUT2D eigenvalue weighted by atomic mass is 10.1. The predicted molar refractivity (Wildman–Crippen MR) is 92.1 cm³/mol. The molecule has 2 aromatic carbocycles. The molecule has 5 nitrogen and oxygen atoms in total. The lowest BCUT2D eigenvalue weighted by Crippen LogP contribution is -2.36. The van der Waals surface area contributed by atoms with Crippen LogP contribution in [-0.4, -0.2) is 32.1 Å². The zero-order valence-corrected chi connectivity index (χ0v) is 13.9. The van der Waals surface area contributed by atoms with Gasteiger partial charge in [0.2, 0.25) is 0 Å². The van der Waals surface area contributed by atoms with Crippen LogP contribution in [0.1, 0.15) is 12.5 Å². The summed E-state index contributed by atoms with van der Waals surface area (Å²) in [6.45, 7) is 1.53. The largest absolute Gasteiger partial charge is 0.497 e. The van der Waals surface area contributed by atoms with Crippen LogP contribution in [0, 0.1) is 0 Å². The minimum atomic E-state index is -0.466. The normalized spacial score (nSPS) is 10.1. The van der Waals surface area contributed by atoms with E-state index in [4.69, 9.17) is 9.47 Å². The number of para-hydroxylation sites is 1. The lowest BCUT2D eigenvalue weighted by molar-refractivity contribution is -0.145. The minimum Gasteiger partial charge on any atom is -0.497 e. The van der Waals surface area contributed by atoms with Gasteiger partial charge in [0.1, 0.15) is 5.75 Å². The Morgan fingerprint density at radius 2 is 1.67 bits per heavy atom. The van der Waals surface area contributed by atoms with Crippen molar-refractivity contribution >= 4 is 17.6 Å². The number of hydrogen-bond donors (Lipinski definition) is 0. The number of hydrogen-bond acceptors (Lipinski definition) is 4. The molecule has 0 unspecified atom stereocenters. The fourth-order valence-electron chi connectivity index (χ4n) is 2.28. The van der Waals surface area contributed by atoms with E-state index in [-0.39, 0.29) is 12.5 Å². The first-order valence-electron chi connectivity index (χ1n) is 7.72. The number of amides is 1. The van der Waals surface area contributed by atoms with Crippen molar-refractivity contribution in [3.8, 4) is 5.75 Å². The number of rotatable bonds is 7. The number of benzene rings is 2. The molecule has 0 aliphatic heterocycles. The number of nitrogens with zero attached hydrogens (tertiary/aromatic N) is 1. The zero-order valence-electron chi connectivity index (χ0n) is 13.9. The third kappa shape index (κ3) is 5.12. The molecule has 0 saturated carbocycles. The average molecular weight is 327 g/mol. The van der Waals surface area contributed by atoms with Crippen molar-refractivity contribution in [1.82, 2.24) is 0 Å². The molecule has 0 aromatic heterocycles. The summed E-state index contributed by atoms with van der Waals surface area (Å²) in [6.07, 6.45) is 0.685. The Bertz CT molecular complexity index is 668. The lowest BCUT2D eigenvalue weighted by Gasteiger charge is -2.22. The SMILES string of the molecule is COc1ccc(CCN(C(=O)COC(C)=O)c2ccccc2)cc1. The summed E-state index contributed by atoms with van der Waals surface area (Å²) in [5.41, 5.74) is 1.88. The molecule has 0 heterocycles. The fraction of sp³-hybridized carbons (Fsp3) is 0.263. The van der Waals surface area contributed by atoms with Crippen molar-refractivity contribution in [2.45, 2.75) is 13.3 Å². The van der Waals surface area contributed by atoms with Gasteiger partial charge >= 0.3 is 5.97 Å². The maximum Gasteiger partial charge on any atom is 0.303 e. The van der Waals surface area contributed by atoms with Gasteiger partial charge < -0.3 is 14.4 Å². The summed E-state index contributed by atoms with van der Waals surface area (Å²) in [4.78, 5) is 25.0. The summed E-state index contributed by atoms with van der Waals surface area (Å²) in [5, 5.41) is 0. The van der Waals surface area contributed by atoms with E-state index >= 15 is 0 Å². The van der Waals surface area contributed by atoms with Crippen LogP contribution in [0.15, 0.2) is 54.6 Å². The number of esters is 1. The molecule has 0 aliphatic rings. The van der Waals surface area contributed by atoms with E-state index in [1.807, 2.05) is 54.6 Å². The van der Waals surface area contributed by atoms with E-state index in [1.165, 1.54) is 6.92 Å². The van der Waals surface area contributed by atoms with Gasteiger partial charge in [0, 0.05) is 19.2 Å². The molecule has 24 heavy (non-hydrogen) atoms. The van der Waals surface area contributed by atoms with E-state index < -0.39 is 5.97 Å². The van der Waals surface area contributed by atoms with Gasteiger partial charge in [-0.25, -0.2) is 0 Å². The first-order valence-corrected chi connectivity index (χ1v) is 7.72. The highest BCUT2D eigenvalue weighted by Crippen LogP contribution is 2.16. The van der Waals surface area contributed by atoms with E-state index in [0.29, 0.717) is 13.0 Å². The first-order chi connectivity index (χ1) is 11.6. The summed E-state index contributed by atoms with van der Waals surface area (Å²) in [7, 11) is 1.62. The maximum absolute atomic E-state index is 12.4. The smallest absolute Gasteiger partial charge is 0.303 e. The molecule has 0 saturated heterocycles. The van der Waals surface area contributed by atoms with Gasteiger partial charge in [0.15, 0.2) is 6.61 Å². The standard InChI is InChI=1S/C19H21NO4/c1-15(21)24-14-19(22)20(17-6-4-3-5-7-17)13-12-16-8-10-18(23-2)11-9-16/h3-11H,12-14H2,1-2H3. The Morgan fingerprint density at radius 3 is 2.25 bits per heavy atom. The molecule has 2 rings (SSSR count). The van der Waals surface area contributed by atoms with Gasteiger partial charge in [-0.3, -0.25) is 9.59 Å². The van der Waals surface area contributed by atoms with Crippen molar-refractivity contribution in [1.29, 1.82) is 0 Å². The highest BCUT2D eigenvalue weighted by Gasteiger charge is 2.16. The molecule has 0 spiro atoms. The number of ether oxygens (including phenoxy) is 2. The Labute approximate surface area is 141 Å². The zero-order chi connectivity index (χ0) is 17.4. The number of methoxy groups -OCH3 is 1. The van der Waals surface area contributed by atoms with E-state index in [1.54, 1.807) is 12.0 Å². The second kappa shape index (κ2) is 8.72.